The lowest BCUT2D eigenvalue weighted by Crippen LogP contribution is -2.42. The molecule has 5 heteroatoms. The number of morpholine rings is 1. The number of hydrogen-bond donors (Lipinski definition) is 0. The van der Waals surface area contributed by atoms with E-state index in [9.17, 15) is 4.79 Å². The minimum absolute atomic E-state index is 0.174. The summed E-state index contributed by atoms with van der Waals surface area (Å²) in [4.78, 5) is 17.6. The van der Waals surface area contributed by atoms with Crippen LogP contribution < -0.4 is 4.90 Å². The number of aromatic nitrogens is 1. The number of carbonyl (C=O) groups excluding carboxylic acids is 1. The van der Waals surface area contributed by atoms with Crippen LogP contribution in [0.4, 0.5) is 5.69 Å². The summed E-state index contributed by atoms with van der Waals surface area (Å²) in [6.45, 7) is 2.94. The van der Waals surface area contributed by atoms with Gasteiger partial charge in [0, 0.05) is 43.8 Å². The van der Waals surface area contributed by atoms with E-state index in [2.05, 4.69) is 96.4 Å². The summed E-state index contributed by atoms with van der Waals surface area (Å²) in [6, 6.07) is 26.4. The lowest BCUT2D eigenvalue weighted by atomic mass is 9.82. The van der Waals surface area contributed by atoms with E-state index < -0.39 is 0 Å². The molecule has 1 aromatic heterocycles. The zero-order chi connectivity index (χ0) is 26.8. The van der Waals surface area contributed by atoms with Crippen LogP contribution >= 0.6 is 0 Å². The van der Waals surface area contributed by atoms with Gasteiger partial charge in [-0.3, -0.25) is 4.79 Å². The molecule has 5 nitrogen and oxygen atoms in total. The van der Waals surface area contributed by atoms with E-state index in [-0.39, 0.29) is 5.91 Å². The van der Waals surface area contributed by atoms with Crippen molar-refractivity contribution in [2.45, 2.75) is 44.6 Å². The number of amides is 1. The van der Waals surface area contributed by atoms with Gasteiger partial charge in [0.1, 0.15) is 6.54 Å². The lowest BCUT2D eigenvalue weighted by Gasteiger charge is -2.28. The predicted octanol–water partition coefficient (Wildman–Crippen LogP) is 6.95. The Hall–Kier alpha value is -3.57. The molecule has 4 aromatic rings. The molecule has 1 aliphatic carbocycles. The van der Waals surface area contributed by atoms with E-state index >= 15 is 0 Å². The molecular formula is C34H39N3O2. The van der Waals surface area contributed by atoms with Crippen LogP contribution in [0.3, 0.4) is 0 Å². The number of carbonyl (C=O) groups is 1. The van der Waals surface area contributed by atoms with Crippen molar-refractivity contribution in [1.82, 2.24) is 9.47 Å². The number of para-hydroxylation sites is 1. The highest BCUT2D eigenvalue weighted by Gasteiger charge is 2.28. The minimum Gasteiger partial charge on any atom is -0.378 e. The van der Waals surface area contributed by atoms with Crippen LogP contribution in [0.15, 0.2) is 72.8 Å². The Labute approximate surface area is 232 Å². The second-order valence-corrected chi connectivity index (χ2v) is 11.2. The summed E-state index contributed by atoms with van der Waals surface area (Å²) >= 11 is 0. The third-order valence-electron chi connectivity index (χ3n) is 8.56. The van der Waals surface area contributed by atoms with Gasteiger partial charge in [-0.1, -0.05) is 73.9 Å². The van der Waals surface area contributed by atoms with Crippen molar-refractivity contribution in [3.63, 3.8) is 0 Å². The first-order valence-electron chi connectivity index (χ1n) is 14.4. The Bertz CT molecular complexity index is 1420. The molecule has 0 radical (unpaired) electrons. The van der Waals surface area contributed by atoms with Crippen LogP contribution in [0.25, 0.3) is 33.3 Å². The molecule has 2 aliphatic rings. The summed E-state index contributed by atoms with van der Waals surface area (Å²) < 4.78 is 7.81. The number of benzene rings is 3. The topological polar surface area (TPSA) is 37.7 Å². The van der Waals surface area contributed by atoms with Crippen molar-refractivity contribution in [2.24, 2.45) is 0 Å². The Balaban J connectivity index is 1.43. The average molecular weight is 522 g/mol. The maximum absolute atomic E-state index is 13.5. The Morgan fingerprint density at radius 3 is 2.10 bits per heavy atom. The van der Waals surface area contributed by atoms with Gasteiger partial charge in [-0.05, 0) is 59.2 Å². The summed E-state index contributed by atoms with van der Waals surface area (Å²) in [5, 5.41) is 1.30. The maximum Gasteiger partial charge on any atom is 0.242 e. The van der Waals surface area contributed by atoms with Crippen LogP contribution in [0, 0.1) is 0 Å². The first kappa shape index (κ1) is 25.7. The van der Waals surface area contributed by atoms with E-state index in [1.54, 1.807) is 0 Å². The zero-order valence-electron chi connectivity index (χ0n) is 23.2. The number of anilines is 1. The van der Waals surface area contributed by atoms with E-state index in [1.807, 2.05) is 4.90 Å². The van der Waals surface area contributed by atoms with Gasteiger partial charge in [0.2, 0.25) is 5.91 Å². The first-order chi connectivity index (χ1) is 19.1. The molecule has 202 valence electrons. The van der Waals surface area contributed by atoms with Crippen molar-refractivity contribution in [3.8, 4) is 22.4 Å². The molecule has 0 unspecified atom stereocenters. The van der Waals surface area contributed by atoms with Gasteiger partial charge in [-0.25, -0.2) is 0 Å². The molecule has 3 aromatic carbocycles. The predicted molar refractivity (Wildman–Crippen MR) is 160 cm³/mol. The number of fused-ring (bicyclic) bond motifs is 1. The van der Waals surface area contributed by atoms with Crippen LogP contribution in [-0.4, -0.2) is 55.8 Å². The SMILES string of the molecule is CN(C)c1ccc(-c2ccc(-c3c(C4CCCCC4)c4ccccc4n3CC(=O)N3CCOCC3)cc2)cc1. The Morgan fingerprint density at radius 2 is 1.44 bits per heavy atom. The fraction of sp³-hybridized carbons (Fsp3) is 0.382. The summed E-state index contributed by atoms with van der Waals surface area (Å²) in [5.74, 6) is 0.699. The standard InChI is InChI=1S/C34H39N3O2/c1-35(2)29-18-16-26(17-19-29)25-12-14-28(15-13-25)34-33(27-8-4-3-5-9-27)30-10-6-7-11-31(30)37(34)24-32(38)36-20-22-39-23-21-36/h6-7,10-19,27H,3-5,8-9,20-24H2,1-2H3. The van der Waals surface area contributed by atoms with Crippen molar-refractivity contribution >= 4 is 22.5 Å². The fourth-order valence-electron chi connectivity index (χ4n) is 6.43. The van der Waals surface area contributed by atoms with Gasteiger partial charge >= 0.3 is 0 Å². The summed E-state index contributed by atoms with van der Waals surface area (Å²) in [6.07, 6.45) is 6.31. The molecule has 2 fully saturated rings. The third kappa shape index (κ3) is 5.20. The van der Waals surface area contributed by atoms with Crippen molar-refractivity contribution in [2.75, 3.05) is 45.3 Å². The molecular weight excluding hydrogens is 482 g/mol. The third-order valence-corrected chi connectivity index (χ3v) is 8.56. The number of hydrogen-bond acceptors (Lipinski definition) is 3. The lowest BCUT2D eigenvalue weighted by molar-refractivity contribution is -0.135. The van der Waals surface area contributed by atoms with E-state index in [0.717, 1.165) is 5.52 Å². The van der Waals surface area contributed by atoms with Gasteiger partial charge in [0.05, 0.1) is 18.9 Å². The molecule has 1 amide bonds. The van der Waals surface area contributed by atoms with Crippen molar-refractivity contribution in [3.05, 3.63) is 78.4 Å². The van der Waals surface area contributed by atoms with Crippen molar-refractivity contribution in [1.29, 1.82) is 0 Å². The molecule has 1 saturated carbocycles. The average Bonchev–Trinajstić information content (AvgIpc) is 3.32. The van der Waals surface area contributed by atoms with Gasteiger partial charge in [0.25, 0.3) is 0 Å². The normalized spacial score (nSPS) is 16.5. The fourth-order valence-corrected chi connectivity index (χ4v) is 6.43. The molecule has 0 N–H and O–H groups in total. The number of rotatable bonds is 6. The van der Waals surface area contributed by atoms with Crippen molar-refractivity contribution < 1.29 is 9.53 Å². The van der Waals surface area contributed by atoms with E-state index in [1.165, 1.54) is 71.1 Å². The van der Waals surface area contributed by atoms with Crippen LogP contribution in [-0.2, 0) is 16.1 Å². The highest BCUT2D eigenvalue weighted by molar-refractivity contribution is 5.94. The molecule has 39 heavy (non-hydrogen) atoms. The van der Waals surface area contributed by atoms with Gasteiger partial charge in [-0.2, -0.15) is 0 Å². The molecule has 1 aliphatic heterocycles. The van der Waals surface area contributed by atoms with Gasteiger partial charge < -0.3 is 19.1 Å². The highest BCUT2D eigenvalue weighted by Crippen LogP contribution is 2.44. The minimum atomic E-state index is 0.174. The van der Waals surface area contributed by atoms with E-state index in [4.69, 9.17) is 4.74 Å². The molecule has 2 heterocycles. The van der Waals surface area contributed by atoms with Gasteiger partial charge in [-0.15, -0.1) is 0 Å². The van der Waals surface area contributed by atoms with Gasteiger partial charge in [0.15, 0.2) is 0 Å². The Morgan fingerprint density at radius 1 is 0.821 bits per heavy atom. The van der Waals surface area contributed by atoms with Crippen LogP contribution in [0.1, 0.15) is 43.6 Å². The zero-order valence-corrected chi connectivity index (χ0v) is 23.2. The quantitative estimate of drug-likeness (QED) is 0.276. The molecule has 0 atom stereocenters. The molecule has 6 rings (SSSR count). The highest BCUT2D eigenvalue weighted by atomic mass is 16.5. The number of ether oxygens (including phenoxy) is 1. The molecule has 0 bridgehead atoms. The summed E-state index contributed by atoms with van der Waals surface area (Å²) in [5.41, 5.74) is 8.62. The Kier molecular flexibility index (Phi) is 7.43. The monoisotopic (exact) mass is 521 g/mol. The largest absolute Gasteiger partial charge is 0.378 e. The second-order valence-electron chi connectivity index (χ2n) is 11.2. The van der Waals surface area contributed by atoms with Crippen LogP contribution in [0.5, 0.6) is 0 Å². The summed E-state index contributed by atoms with van der Waals surface area (Å²) in [7, 11) is 4.13. The second kappa shape index (κ2) is 11.3. The van der Waals surface area contributed by atoms with E-state index in [0.29, 0.717) is 38.8 Å². The smallest absolute Gasteiger partial charge is 0.242 e. The van der Waals surface area contributed by atoms with Crippen LogP contribution in [0.2, 0.25) is 0 Å². The maximum atomic E-state index is 13.5. The molecule has 1 saturated heterocycles. The number of nitrogens with zero attached hydrogens (tertiary/aromatic N) is 3. The first-order valence-corrected chi connectivity index (χ1v) is 14.4. The molecule has 0 spiro atoms.